The lowest BCUT2D eigenvalue weighted by atomic mass is 10.1. The third-order valence-corrected chi connectivity index (χ3v) is 4.31. The summed E-state index contributed by atoms with van der Waals surface area (Å²) in [5.41, 5.74) is 5.53. The highest BCUT2D eigenvalue weighted by atomic mass is 16.1. The number of benzene rings is 2. The summed E-state index contributed by atoms with van der Waals surface area (Å²) in [7, 11) is 0. The van der Waals surface area contributed by atoms with Gasteiger partial charge in [0, 0.05) is 11.4 Å². The van der Waals surface area contributed by atoms with Gasteiger partial charge in [-0.15, -0.1) is 0 Å². The molecule has 0 spiro atoms. The molecule has 0 saturated carbocycles. The number of amides is 1. The summed E-state index contributed by atoms with van der Waals surface area (Å²) in [6.45, 7) is 6.15. The highest BCUT2D eigenvalue weighted by Crippen LogP contribution is 2.20. The van der Waals surface area contributed by atoms with E-state index in [4.69, 9.17) is 0 Å². The second-order valence-electron chi connectivity index (χ2n) is 6.18. The zero-order valence-corrected chi connectivity index (χ0v) is 15.2. The molecule has 2 N–H and O–H groups in total. The van der Waals surface area contributed by atoms with Gasteiger partial charge >= 0.3 is 0 Å². The molecule has 1 heterocycles. The van der Waals surface area contributed by atoms with Gasteiger partial charge in [0.15, 0.2) is 0 Å². The van der Waals surface area contributed by atoms with Gasteiger partial charge in [-0.3, -0.25) is 4.79 Å². The van der Waals surface area contributed by atoms with Crippen LogP contribution in [-0.4, -0.2) is 15.9 Å². The average Bonchev–Trinajstić information content (AvgIpc) is 2.66. The summed E-state index contributed by atoms with van der Waals surface area (Å²) in [4.78, 5) is 20.9. The molecular formula is C21H22N4O. The smallest absolute Gasteiger partial charge is 0.275 e. The van der Waals surface area contributed by atoms with Crippen LogP contribution < -0.4 is 10.6 Å². The van der Waals surface area contributed by atoms with E-state index in [1.54, 1.807) is 6.20 Å². The third-order valence-electron chi connectivity index (χ3n) is 4.31. The van der Waals surface area contributed by atoms with Crippen molar-refractivity contribution in [3.63, 3.8) is 0 Å². The van der Waals surface area contributed by atoms with Crippen molar-refractivity contribution >= 4 is 23.1 Å². The van der Waals surface area contributed by atoms with Crippen molar-refractivity contribution < 1.29 is 4.79 Å². The molecule has 132 valence electrons. The first-order valence-corrected chi connectivity index (χ1v) is 8.62. The number of nitrogens with zero attached hydrogens (tertiary/aromatic N) is 2. The van der Waals surface area contributed by atoms with E-state index < -0.39 is 0 Å². The monoisotopic (exact) mass is 346 g/mol. The van der Waals surface area contributed by atoms with Crippen LogP contribution in [0.25, 0.3) is 0 Å². The Kier molecular flexibility index (Phi) is 5.27. The molecule has 0 fully saturated rings. The van der Waals surface area contributed by atoms with Gasteiger partial charge in [0.05, 0.1) is 12.4 Å². The van der Waals surface area contributed by atoms with E-state index >= 15 is 0 Å². The quantitative estimate of drug-likeness (QED) is 0.705. The number of anilines is 3. The number of carbonyl (C=O) groups is 1. The van der Waals surface area contributed by atoms with E-state index in [-0.39, 0.29) is 11.6 Å². The first-order valence-electron chi connectivity index (χ1n) is 8.62. The lowest BCUT2D eigenvalue weighted by Gasteiger charge is -2.10. The molecule has 1 aromatic heterocycles. The Balaban J connectivity index is 1.70. The minimum Gasteiger partial charge on any atom is -0.339 e. The Morgan fingerprint density at radius 2 is 1.81 bits per heavy atom. The first kappa shape index (κ1) is 17.6. The SMILES string of the molecule is CCc1ccccc1Nc1cnc(C(=O)Nc2ccc(C)c(C)c2)cn1. The number of hydrogen-bond acceptors (Lipinski definition) is 4. The summed E-state index contributed by atoms with van der Waals surface area (Å²) in [5.74, 6) is 0.329. The molecule has 0 aliphatic carbocycles. The van der Waals surface area contributed by atoms with Crippen molar-refractivity contribution in [3.05, 3.63) is 77.2 Å². The van der Waals surface area contributed by atoms with Crippen molar-refractivity contribution in [1.82, 2.24) is 9.97 Å². The van der Waals surface area contributed by atoms with Gasteiger partial charge in [0.25, 0.3) is 5.91 Å². The van der Waals surface area contributed by atoms with E-state index in [1.165, 1.54) is 17.3 Å². The van der Waals surface area contributed by atoms with Crippen LogP contribution in [0, 0.1) is 13.8 Å². The van der Waals surface area contributed by atoms with Crippen LogP contribution in [-0.2, 0) is 6.42 Å². The molecule has 1 amide bonds. The summed E-state index contributed by atoms with van der Waals surface area (Å²) in [6, 6.07) is 13.9. The van der Waals surface area contributed by atoms with Crippen molar-refractivity contribution in [2.24, 2.45) is 0 Å². The number of aromatic nitrogens is 2. The molecule has 5 nitrogen and oxygen atoms in total. The molecule has 0 aliphatic rings. The van der Waals surface area contributed by atoms with E-state index in [0.717, 1.165) is 23.4 Å². The predicted molar refractivity (Wildman–Crippen MR) is 105 cm³/mol. The van der Waals surface area contributed by atoms with Gasteiger partial charge in [-0.05, 0) is 55.2 Å². The molecule has 3 aromatic rings. The third kappa shape index (κ3) is 4.06. The fraction of sp³-hybridized carbons (Fsp3) is 0.190. The second kappa shape index (κ2) is 7.78. The lowest BCUT2D eigenvalue weighted by Crippen LogP contribution is -2.14. The maximum absolute atomic E-state index is 12.3. The van der Waals surface area contributed by atoms with Crippen molar-refractivity contribution in [3.8, 4) is 0 Å². The Bertz CT molecular complexity index is 920. The Morgan fingerprint density at radius 1 is 1.00 bits per heavy atom. The summed E-state index contributed by atoms with van der Waals surface area (Å²) < 4.78 is 0. The molecule has 2 aromatic carbocycles. The van der Waals surface area contributed by atoms with Crippen LogP contribution in [0.4, 0.5) is 17.2 Å². The standard InChI is InChI=1S/C21H22N4O/c1-4-16-7-5-6-8-18(16)25-20-13-22-19(12-23-20)21(26)24-17-10-9-14(2)15(3)11-17/h5-13H,4H2,1-3H3,(H,23,25)(H,24,26). The van der Waals surface area contributed by atoms with Crippen LogP contribution in [0.1, 0.15) is 34.1 Å². The fourth-order valence-corrected chi connectivity index (χ4v) is 2.61. The molecule has 26 heavy (non-hydrogen) atoms. The van der Waals surface area contributed by atoms with Crippen LogP contribution in [0.3, 0.4) is 0 Å². The Labute approximate surface area is 153 Å². The van der Waals surface area contributed by atoms with E-state index in [1.807, 2.05) is 50.2 Å². The van der Waals surface area contributed by atoms with Crippen molar-refractivity contribution in [1.29, 1.82) is 0 Å². The Hall–Kier alpha value is -3.21. The van der Waals surface area contributed by atoms with Crippen LogP contribution in [0.2, 0.25) is 0 Å². The van der Waals surface area contributed by atoms with Crippen LogP contribution in [0.5, 0.6) is 0 Å². The molecule has 0 aliphatic heterocycles. The van der Waals surface area contributed by atoms with Gasteiger partial charge in [0.2, 0.25) is 0 Å². The number of para-hydroxylation sites is 1. The maximum atomic E-state index is 12.3. The summed E-state index contributed by atoms with van der Waals surface area (Å²) >= 11 is 0. The predicted octanol–water partition coefficient (Wildman–Crippen LogP) is 4.65. The van der Waals surface area contributed by atoms with Crippen molar-refractivity contribution in [2.75, 3.05) is 10.6 Å². The van der Waals surface area contributed by atoms with Crippen LogP contribution >= 0.6 is 0 Å². The van der Waals surface area contributed by atoms with E-state index in [2.05, 4.69) is 33.6 Å². The molecule has 0 bridgehead atoms. The number of rotatable bonds is 5. The molecule has 0 saturated heterocycles. The minimum atomic E-state index is -0.277. The molecular weight excluding hydrogens is 324 g/mol. The van der Waals surface area contributed by atoms with Crippen LogP contribution in [0.15, 0.2) is 54.9 Å². The van der Waals surface area contributed by atoms with Crippen molar-refractivity contribution in [2.45, 2.75) is 27.2 Å². The largest absolute Gasteiger partial charge is 0.339 e. The maximum Gasteiger partial charge on any atom is 0.275 e. The molecule has 0 unspecified atom stereocenters. The van der Waals surface area contributed by atoms with E-state index in [9.17, 15) is 4.79 Å². The number of carbonyl (C=O) groups excluding carboxylic acids is 1. The van der Waals surface area contributed by atoms with Gasteiger partial charge in [-0.25, -0.2) is 9.97 Å². The first-order chi connectivity index (χ1) is 12.6. The average molecular weight is 346 g/mol. The van der Waals surface area contributed by atoms with E-state index in [0.29, 0.717) is 5.82 Å². The number of nitrogens with one attached hydrogen (secondary N) is 2. The molecule has 0 atom stereocenters. The zero-order valence-electron chi connectivity index (χ0n) is 15.2. The second-order valence-corrected chi connectivity index (χ2v) is 6.18. The molecule has 5 heteroatoms. The topological polar surface area (TPSA) is 66.9 Å². The highest BCUT2D eigenvalue weighted by Gasteiger charge is 2.09. The summed E-state index contributed by atoms with van der Waals surface area (Å²) in [6.07, 6.45) is 3.97. The van der Waals surface area contributed by atoms with Gasteiger partial charge in [0.1, 0.15) is 11.5 Å². The zero-order chi connectivity index (χ0) is 18.5. The number of hydrogen-bond donors (Lipinski definition) is 2. The normalized spacial score (nSPS) is 10.4. The van der Waals surface area contributed by atoms with Gasteiger partial charge in [-0.2, -0.15) is 0 Å². The number of aryl methyl sites for hydroxylation is 3. The molecule has 3 rings (SSSR count). The van der Waals surface area contributed by atoms with Gasteiger partial charge in [-0.1, -0.05) is 31.2 Å². The van der Waals surface area contributed by atoms with Gasteiger partial charge < -0.3 is 10.6 Å². The lowest BCUT2D eigenvalue weighted by molar-refractivity contribution is 0.102. The highest BCUT2D eigenvalue weighted by molar-refractivity contribution is 6.02. The summed E-state index contributed by atoms with van der Waals surface area (Å²) in [5, 5.41) is 6.10. The Morgan fingerprint density at radius 3 is 2.50 bits per heavy atom. The fourth-order valence-electron chi connectivity index (χ4n) is 2.61. The molecule has 0 radical (unpaired) electrons. The minimum absolute atomic E-state index is 0.276.